The first-order chi connectivity index (χ1) is 12.5. The van der Waals surface area contributed by atoms with Gasteiger partial charge in [0.05, 0.1) is 5.75 Å². The molecule has 1 amide bonds. The third kappa shape index (κ3) is 6.61. The van der Waals surface area contributed by atoms with Crippen molar-refractivity contribution in [3.8, 4) is 0 Å². The molecule has 1 fully saturated rings. The first kappa shape index (κ1) is 20.7. The summed E-state index contributed by atoms with van der Waals surface area (Å²) >= 11 is 6.59. The maximum Gasteiger partial charge on any atom is 0.316 e. The first-order valence-corrected chi connectivity index (χ1v) is 10.4. The van der Waals surface area contributed by atoms with Gasteiger partial charge in [-0.2, -0.15) is 0 Å². The summed E-state index contributed by atoms with van der Waals surface area (Å²) in [6.07, 6.45) is 3.36. The van der Waals surface area contributed by atoms with Gasteiger partial charge < -0.3 is 15.0 Å². The quantitative estimate of drug-likeness (QED) is 0.561. The minimum absolute atomic E-state index is 0.131. The van der Waals surface area contributed by atoms with Gasteiger partial charge in [-0.1, -0.05) is 50.0 Å². The normalized spacial score (nSPS) is 14.8. The molecule has 1 heterocycles. The highest BCUT2D eigenvalue weighted by molar-refractivity contribution is 8.23. The van der Waals surface area contributed by atoms with E-state index in [1.807, 2.05) is 24.3 Å². The number of carbonyl (C=O) groups excluding carboxylic acids is 2. The molecule has 1 aromatic rings. The van der Waals surface area contributed by atoms with Gasteiger partial charge in [-0.15, -0.1) is 0 Å². The van der Waals surface area contributed by atoms with Crippen molar-refractivity contribution in [1.82, 2.24) is 4.90 Å². The maximum atomic E-state index is 11.9. The van der Waals surface area contributed by atoms with Crippen LogP contribution >= 0.6 is 24.0 Å². The molecule has 1 atom stereocenters. The third-order valence-electron chi connectivity index (χ3n) is 4.42. The molecule has 1 aromatic carbocycles. The Bertz CT molecular complexity index is 628. The van der Waals surface area contributed by atoms with E-state index in [0.29, 0.717) is 11.6 Å². The van der Waals surface area contributed by atoms with Crippen molar-refractivity contribution in [2.24, 2.45) is 0 Å². The average Bonchev–Trinajstić information content (AvgIpc) is 3.19. The van der Waals surface area contributed by atoms with Crippen molar-refractivity contribution in [3.05, 3.63) is 29.8 Å². The van der Waals surface area contributed by atoms with E-state index in [4.69, 9.17) is 17.0 Å². The zero-order valence-corrected chi connectivity index (χ0v) is 17.0. The van der Waals surface area contributed by atoms with Crippen molar-refractivity contribution in [1.29, 1.82) is 0 Å². The number of nitrogens with zero attached hydrogens (tertiary/aromatic N) is 1. The first-order valence-electron chi connectivity index (χ1n) is 8.96. The minimum atomic E-state index is -0.432. The number of amides is 1. The number of benzene rings is 1. The van der Waals surface area contributed by atoms with Crippen LogP contribution in [0.5, 0.6) is 0 Å². The van der Waals surface area contributed by atoms with E-state index in [2.05, 4.69) is 24.1 Å². The van der Waals surface area contributed by atoms with Crippen LogP contribution in [0.2, 0.25) is 0 Å². The Morgan fingerprint density at radius 1 is 1.27 bits per heavy atom. The fourth-order valence-electron chi connectivity index (χ4n) is 2.63. The summed E-state index contributed by atoms with van der Waals surface area (Å²) in [6, 6.07) is 7.74. The molecule has 0 bridgehead atoms. The van der Waals surface area contributed by atoms with Gasteiger partial charge in [-0.25, -0.2) is 0 Å². The fraction of sp³-hybridized carbons (Fsp3) is 0.526. The van der Waals surface area contributed by atoms with E-state index in [1.54, 1.807) is 0 Å². The van der Waals surface area contributed by atoms with Crippen molar-refractivity contribution in [2.45, 2.75) is 39.0 Å². The van der Waals surface area contributed by atoms with E-state index >= 15 is 0 Å². The second kappa shape index (κ2) is 10.5. The molecule has 142 valence electrons. The van der Waals surface area contributed by atoms with Crippen LogP contribution < -0.4 is 5.32 Å². The monoisotopic (exact) mass is 394 g/mol. The summed E-state index contributed by atoms with van der Waals surface area (Å²) in [6.45, 7) is 5.94. The van der Waals surface area contributed by atoms with Gasteiger partial charge in [-0.3, -0.25) is 9.59 Å². The van der Waals surface area contributed by atoms with Crippen molar-refractivity contribution in [2.75, 3.05) is 30.8 Å². The lowest BCUT2D eigenvalue weighted by Crippen LogP contribution is -2.25. The molecule has 5 nitrogen and oxygen atoms in total. The highest BCUT2D eigenvalue weighted by Gasteiger charge is 2.17. The predicted octanol–water partition coefficient (Wildman–Crippen LogP) is 3.80. The van der Waals surface area contributed by atoms with E-state index < -0.39 is 5.97 Å². The Morgan fingerprint density at radius 3 is 2.54 bits per heavy atom. The molecule has 7 heteroatoms. The van der Waals surface area contributed by atoms with Gasteiger partial charge >= 0.3 is 5.97 Å². The molecule has 0 aromatic heterocycles. The second-order valence-electron chi connectivity index (χ2n) is 6.39. The zero-order valence-electron chi connectivity index (χ0n) is 15.3. The molecule has 2 rings (SSSR count). The summed E-state index contributed by atoms with van der Waals surface area (Å²) in [5.74, 6) is -0.155. The summed E-state index contributed by atoms with van der Waals surface area (Å²) < 4.78 is 5.75. The number of thiocarbonyl (C=S) groups is 1. The molecule has 1 aliphatic heterocycles. The molecule has 1 saturated heterocycles. The minimum Gasteiger partial charge on any atom is -0.455 e. The topological polar surface area (TPSA) is 58.6 Å². The second-order valence-corrected chi connectivity index (χ2v) is 8.00. The lowest BCUT2D eigenvalue weighted by Gasteiger charge is -2.17. The predicted molar refractivity (Wildman–Crippen MR) is 111 cm³/mol. The molecule has 1 N–H and O–H groups in total. The molecular weight excluding hydrogens is 368 g/mol. The average molecular weight is 395 g/mol. The molecule has 0 radical (unpaired) electrons. The number of nitrogens with one attached hydrogen (secondary N) is 1. The fourth-order valence-corrected chi connectivity index (χ4v) is 3.68. The number of anilines is 1. The van der Waals surface area contributed by atoms with Gasteiger partial charge in [-0.05, 0) is 42.9 Å². The van der Waals surface area contributed by atoms with Crippen LogP contribution in [0.4, 0.5) is 5.69 Å². The number of hydrogen-bond acceptors (Lipinski definition) is 5. The van der Waals surface area contributed by atoms with Crippen LogP contribution in [0.25, 0.3) is 0 Å². The molecule has 0 unspecified atom stereocenters. The Kier molecular flexibility index (Phi) is 8.38. The summed E-state index contributed by atoms with van der Waals surface area (Å²) in [5, 5.41) is 2.73. The number of rotatable bonds is 7. The van der Waals surface area contributed by atoms with Crippen LogP contribution in [-0.4, -0.2) is 46.5 Å². The van der Waals surface area contributed by atoms with Crippen LogP contribution in [0.1, 0.15) is 44.6 Å². The van der Waals surface area contributed by atoms with Crippen molar-refractivity contribution < 1.29 is 14.3 Å². The lowest BCUT2D eigenvalue weighted by molar-refractivity contribution is -0.144. The van der Waals surface area contributed by atoms with E-state index in [9.17, 15) is 9.59 Å². The molecule has 1 aliphatic rings. The smallest absolute Gasteiger partial charge is 0.316 e. The highest BCUT2D eigenvalue weighted by Crippen LogP contribution is 2.20. The van der Waals surface area contributed by atoms with E-state index in [1.165, 1.54) is 17.3 Å². The molecule has 26 heavy (non-hydrogen) atoms. The van der Waals surface area contributed by atoms with Crippen LogP contribution in [0, 0.1) is 0 Å². The number of carbonyl (C=O) groups is 2. The van der Waals surface area contributed by atoms with E-state index in [0.717, 1.165) is 36.7 Å². The summed E-state index contributed by atoms with van der Waals surface area (Å²) in [4.78, 5) is 25.8. The van der Waals surface area contributed by atoms with Crippen LogP contribution in [0.3, 0.4) is 0 Å². The number of thioether (sulfide) groups is 1. The van der Waals surface area contributed by atoms with E-state index in [-0.39, 0.29) is 18.3 Å². The van der Waals surface area contributed by atoms with Crippen LogP contribution in [-0.2, 0) is 14.3 Å². The zero-order chi connectivity index (χ0) is 18.9. The summed E-state index contributed by atoms with van der Waals surface area (Å²) in [7, 11) is 0. The Labute approximate surface area is 164 Å². The molecule has 0 aliphatic carbocycles. The van der Waals surface area contributed by atoms with Gasteiger partial charge in [0.25, 0.3) is 5.91 Å². The molecular formula is C19H26N2O3S2. The van der Waals surface area contributed by atoms with Gasteiger partial charge in [0.15, 0.2) is 6.61 Å². The number of esters is 1. The van der Waals surface area contributed by atoms with Crippen molar-refractivity contribution in [3.63, 3.8) is 0 Å². The summed E-state index contributed by atoms with van der Waals surface area (Å²) in [5.41, 5.74) is 1.94. The van der Waals surface area contributed by atoms with Crippen LogP contribution in [0.15, 0.2) is 24.3 Å². The number of hydrogen-bond donors (Lipinski definition) is 1. The van der Waals surface area contributed by atoms with Gasteiger partial charge in [0, 0.05) is 18.8 Å². The Morgan fingerprint density at radius 2 is 1.92 bits per heavy atom. The number of ether oxygens (including phenoxy) is 1. The van der Waals surface area contributed by atoms with Crippen molar-refractivity contribution >= 4 is 45.9 Å². The highest BCUT2D eigenvalue weighted by atomic mass is 32.2. The largest absolute Gasteiger partial charge is 0.455 e. The standard InChI is InChI=1S/C19H26N2O3S2/c1-3-14(2)15-6-8-16(9-7-15)20-17(22)12-24-18(23)13-26-19(25)21-10-4-5-11-21/h6-9,14H,3-5,10-13H2,1-2H3,(H,20,22)/t14-/m1/s1. The Balaban J connectivity index is 1.67. The molecule has 0 spiro atoms. The lowest BCUT2D eigenvalue weighted by atomic mass is 9.99. The Hall–Kier alpha value is -1.60. The SMILES string of the molecule is CC[C@@H](C)c1ccc(NC(=O)COC(=O)CSC(=S)N2CCCC2)cc1. The maximum absolute atomic E-state index is 11.9. The molecule has 0 saturated carbocycles. The number of likely N-dealkylation sites (tertiary alicyclic amines) is 1. The third-order valence-corrected chi connectivity index (χ3v) is 5.91. The van der Waals surface area contributed by atoms with Gasteiger partial charge in [0.2, 0.25) is 0 Å². The van der Waals surface area contributed by atoms with Gasteiger partial charge in [0.1, 0.15) is 4.32 Å².